The summed E-state index contributed by atoms with van der Waals surface area (Å²) in [7, 11) is 0. The van der Waals surface area contributed by atoms with Gasteiger partial charge in [0.15, 0.2) is 0 Å². The van der Waals surface area contributed by atoms with Gasteiger partial charge in [0, 0.05) is 26.1 Å². The Kier molecular flexibility index (Phi) is 5.77. The number of aryl methyl sites for hydroxylation is 2. The van der Waals surface area contributed by atoms with Crippen LogP contribution in [0.15, 0.2) is 18.2 Å². The molecule has 1 unspecified atom stereocenters. The molecule has 0 bridgehead atoms. The molecule has 0 radical (unpaired) electrons. The Balaban J connectivity index is 1.72. The zero-order valence-corrected chi connectivity index (χ0v) is 17.0. The molecular formula is C22H30N2O4. The summed E-state index contributed by atoms with van der Waals surface area (Å²) >= 11 is 0. The predicted octanol–water partition coefficient (Wildman–Crippen LogP) is 2.65. The fraction of sp³-hybridized carbons (Fsp3) is 0.591. The van der Waals surface area contributed by atoms with Crippen LogP contribution in [0.3, 0.4) is 0 Å². The Hall–Kier alpha value is -2.37. The third kappa shape index (κ3) is 4.21. The first-order valence-electron chi connectivity index (χ1n) is 10.1. The molecule has 2 fully saturated rings. The number of rotatable bonds is 5. The lowest BCUT2D eigenvalue weighted by atomic mass is 9.91. The van der Waals surface area contributed by atoms with Crippen molar-refractivity contribution in [1.29, 1.82) is 0 Å². The molecule has 1 aliphatic heterocycles. The average Bonchev–Trinajstić information content (AvgIpc) is 3.42. The van der Waals surface area contributed by atoms with E-state index in [9.17, 15) is 14.4 Å². The van der Waals surface area contributed by atoms with Crippen molar-refractivity contribution in [1.82, 2.24) is 9.80 Å². The van der Waals surface area contributed by atoms with Gasteiger partial charge >= 0.3 is 5.97 Å². The summed E-state index contributed by atoms with van der Waals surface area (Å²) < 4.78 is 0. The Bertz CT molecular complexity index is 764. The van der Waals surface area contributed by atoms with Crippen molar-refractivity contribution >= 4 is 17.8 Å². The zero-order valence-electron chi connectivity index (χ0n) is 17.0. The van der Waals surface area contributed by atoms with Gasteiger partial charge in [0.05, 0.1) is 5.41 Å². The lowest BCUT2D eigenvalue weighted by molar-refractivity contribution is -0.145. The molecule has 6 heteroatoms. The van der Waals surface area contributed by atoms with Crippen molar-refractivity contribution in [2.75, 3.05) is 19.6 Å². The maximum atomic E-state index is 13.4. The Morgan fingerprint density at radius 3 is 2.29 bits per heavy atom. The molecular weight excluding hydrogens is 356 g/mol. The van der Waals surface area contributed by atoms with E-state index in [2.05, 4.69) is 32.0 Å². The number of hydrogen-bond acceptors (Lipinski definition) is 3. The fourth-order valence-electron chi connectivity index (χ4n) is 4.54. The molecule has 1 aromatic rings. The van der Waals surface area contributed by atoms with Gasteiger partial charge in [0.2, 0.25) is 11.8 Å². The summed E-state index contributed by atoms with van der Waals surface area (Å²) in [5.41, 5.74) is 3.08. The average molecular weight is 386 g/mol. The van der Waals surface area contributed by atoms with Gasteiger partial charge in [0.25, 0.3) is 0 Å². The van der Waals surface area contributed by atoms with Crippen LogP contribution in [-0.2, 0) is 19.8 Å². The maximum absolute atomic E-state index is 13.4. The largest absolute Gasteiger partial charge is 0.480 e. The van der Waals surface area contributed by atoms with Crippen LogP contribution in [0.4, 0.5) is 0 Å². The number of amides is 2. The van der Waals surface area contributed by atoms with Gasteiger partial charge in [-0.3, -0.25) is 14.4 Å². The van der Waals surface area contributed by atoms with E-state index in [4.69, 9.17) is 5.11 Å². The Morgan fingerprint density at radius 2 is 1.75 bits per heavy atom. The number of carbonyl (C=O) groups is 3. The van der Waals surface area contributed by atoms with Gasteiger partial charge in [-0.25, -0.2) is 0 Å². The quantitative estimate of drug-likeness (QED) is 0.844. The van der Waals surface area contributed by atoms with Crippen LogP contribution in [0.5, 0.6) is 0 Å². The molecule has 1 saturated carbocycles. The van der Waals surface area contributed by atoms with Crippen LogP contribution in [0, 0.1) is 13.8 Å². The van der Waals surface area contributed by atoms with E-state index in [1.165, 1.54) is 23.0 Å². The number of carboxylic acids is 1. The van der Waals surface area contributed by atoms with Gasteiger partial charge in [0.1, 0.15) is 6.54 Å². The maximum Gasteiger partial charge on any atom is 0.323 e. The predicted molar refractivity (Wildman–Crippen MR) is 106 cm³/mol. The number of carboxylic acid groups (broad SMARTS) is 1. The first-order chi connectivity index (χ1) is 13.2. The van der Waals surface area contributed by atoms with Gasteiger partial charge in [-0.05, 0) is 51.5 Å². The topological polar surface area (TPSA) is 77.9 Å². The molecule has 1 aromatic carbocycles. The number of likely N-dealkylation sites (tertiary alicyclic amines) is 1. The second kappa shape index (κ2) is 7.94. The van der Waals surface area contributed by atoms with E-state index in [-0.39, 0.29) is 24.4 Å². The lowest BCUT2D eigenvalue weighted by Crippen LogP contribution is -2.44. The Morgan fingerprint density at radius 1 is 1.11 bits per heavy atom. The third-order valence-electron chi connectivity index (χ3n) is 6.07. The van der Waals surface area contributed by atoms with Crippen molar-refractivity contribution in [3.8, 4) is 0 Å². The molecule has 0 spiro atoms. The first-order valence-corrected chi connectivity index (χ1v) is 10.1. The highest BCUT2D eigenvalue weighted by Gasteiger charge is 2.53. The van der Waals surface area contributed by atoms with Crippen LogP contribution in [0.25, 0.3) is 0 Å². The molecule has 1 aliphatic carbocycles. The SMILES string of the molecule is CC(=O)N(CC(=O)O)C1CCCN(C(=O)C2(c3cc(C)cc(C)c3)CC2)CC1. The Labute approximate surface area is 166 Å². The number of nitrogens with zero attached hydrogens (tertiary/aromatic N) is 2. The monoisotopic (exact) mass is 386 g/mol. The molecule has 1 saturated heterocycles. The molecule has 0 aromatic heterocycles. The highest BCUT2D eigenvalue weighted by Crippen LogP contribution is 2.50. The van der Waals surface area contributed by atoms with Crippen LogP contribution in [-0.4, -0.2) is 58.4 Å². The van der Waals surface area contributed by atoms with Crippen molar-refractivity contribution < 1.29 is 19.5 Å². The highest BCUT2D eigenvalue weighted by atomic mass is 16.4. The summed E-state index contributed by atoms with van der Waals surface area (Å²) in [5.74, 6) is -1.04. The minimum Gasteiger partial charge on any atom is -0.480 e. The van der Waals surface area contributed by atoms with Crippen LogP contribution < -0.4 is 0 Å². The molecule has 1 heterocycles. The fourth-order valence-corrected chi connectivity index (χ4v) is 4.54. The van der Waals surface area contributed by atoms with E-state index in [1.807, 2.05) is 4.90 Å². The van der Waals surface area contributed by atoms with Crippen LogP contribution in [0.2, 0.25) is 0 Å². The normalized spacial score (nSPS) is 21.0. The van der Waals surface area contributed by atoms with Gasteiger partial charge in [-0.2, -0.15) is 0 Å². The number of hydrogen-bond donors (Lipinski definition) is 1. The minimum absolute atomic E-state index is 0.122. The highest BCUT2D eigenvalue weighted by molar-refractivity contribution is 5.91. The molecule has 1 atom stereocenters. The van der Waals surface area contributed by atoms with E-state index in [0.29, 0.717) is 19.5 Å². The van der Waals surface area contributed by atoms with Gasteiger partial charge in [-0.1, -0.05) is 29.3 Å². The summed E-state index contributed by atoms with van der Waals surface area (Å²) in [5, 5.41) is 9.10. The van der Waals surface area contributed by atoms with Crippen molar-refractivity contribution in [3.05, 3.63) is 34.9 Å². The second-order valence-electron chi connectivity index (χ2n) is 8.38. The van der Waals surface area contributed by atoms with E-state index in [1.54, 1.807) is 0 Å². The van der Waals surface area contributed by atoms with Crippen LogP contribution in [0.1, 0.15) is 55.7 Å². The van der Waals surface area contributed by atoms with E-state index in [0.717, 1.165) is 31.2 Å². The van der Waals surface area contributed by atoms with Gasteiger partial charge in [-0.15, -0.1) is 0 Å². The van der Waals surface area contributed by atoms with E-state index < -0.39 is 11.4 Å². The first kappa shape index (κ1) is 20.4. The third-order valence-corrected chi connectivity index (χ3v) is 6.07. The van der Waals surface area contributed by atoms with Crippen LogP contribution >= 0.6 is 0 Å². The van der Waals surface area contributed by atoms with Crippen molar-refractivity contribution in [3.63, 3.8) is 0 Å². The smallest absolute Gasteiger partial charge is 0.323 e. The molecule has 1 N–H and O–H groups in total. The summed E-state index contributed by atoms with van der Waals surface area (Å²) in [6.45, 7) is 6.50. The number of carbonyl (C=O) groups excluding carboxylic acids is 2. The van der Waals surface area contributed by atoms with Crippen molar-refractivity contribution in [2.24, 2.45) is 0 Å². The summed E-state index contributed by atoms with van der Waals surface area (Å²) in [6.07, 6.45) is 3.90. The lowest BCUT2D eigenvalue weighted by Gasteiger charge is -2.29. The van der Waals surface area contributed by atoms with E-state index >= 15 is 0 Å². The zero-order chi connectivity index (χ0) is 20.5. The van der Waals surface area contributed by atoms with Crippen molar-refractivity contribution in [2.45, 2.75) is 64.3 Å². The molecule has 2 amide bonds. The van der Waals surface area contributed by atoms with Gasteiger partial charge < -0.3 is 14.9 Å². The standard InChI is InChI=1S/C22H30N2O4/c1-15-11-16(2)13-18(12-15)22(7-8-22)21(28)23-9-4-5-19(6-10-23)24(17(3)25)14-20(26)27/h11-13,19H,4-10,14H2,1-3H3,(H,26,27). The summed E-state index contributed by atoms with van der Waals surface area (Å²) in [6, 6.07) is 6.26. The summed E-state index contributed by atoms with van der Waals surface area (Å²) in [4.78, 5) is 39.8. The number of aliphatic carboxylic acids is 1. The molecule has 6 nitrogen and oxygen atoms in total. The molecule has 3 rings (SSSR count). The molecule has 28 heavy (non-hydrogen) atoms. The molecule has 152 valence electrons. The second-order valence-corrected chi connectivity index (χ2v) is 8.38. The number of benzene rings is 1. The minimum atomic E-state index is -1.00. The molecule has 2 aliphatic rings.